The molecule has 3 N–H and O–H groups in total. The van der Waals surface area contributed by atoms with E-state index in [0.29, 0.717) is 23.7 Å². The summed E-state index contributed by atoms with van der Waals surface area (Å²) in [7, 11) is -4.16. The van der Waals surface area contributed by atoms with Gasteiger partial charge in [-0.05, 0) is 41.7 Å². The fourth-order valence-electron chi connectivity index (χ4n) is 3.71. The third-order valence-electron chi connectivity index (χ3n) is 5.16. The van der Waals surface area contributed by atoms with Crippen LogP contribution >= 0.6 is 22.9 Å². The largest absolute Gasteiger partial charge is 0.480 e. The van der Waals surface area contributed by atoms with Crippen molar-refractivity contribution in [1.29, 1.82) is 0 Å². The smallest absolute Gasteiger partial charge is 0.322 e. The lowest BCUT2D eigenvalue weighted by Gasteiger charge is -2.33. The highest BCUT2D eigenvalue weighted by atomic mass is 35.5. The number of thiazole rings is 1. The number of aromatic nitrogens is 1. The van der Waals surface area contributed by atoms with Crippen LogP contribution in [0.25, 0.3) is 10.2 Å². The topological polar surface area (TPSA) is 108 Å². The summed E-state index contributed by atoms with van der Waals surface area (Å²) < 4.78 is 29.7. The number of sulfonamides is 1. The predicted molar refractivity (Wildman–Crippen MR) is 122 cm³/mol. The van der Waals surface area contributed by atoms with Crippen molar-refractivity contribution >= 4 is 54.8 Å². The number of aliphatic carboxylic acids is 1. The van der Waals surface area contributed by atoms with Crippen molar-refractivity contribution in [2.75, 3.05) is 11.9 Å². The van der Waals surface area contributed by atoms with Crippen LogP contribution in [-0.2, 0) is 27.7 Å². The summed E-state index contributed by atoms with van der Waals surface area (Å²) in [5.74, 6) is -1.27. The Hall–Kier alpha value is -2.20. The SMILES string of the molecule is CC1(C)CNc2c(cc(Cl)cc2S(=O)(=O)NC(Cc2nc3ccccc3s2)C(=O)O)C1. The third-order valence-corrected chi connectivity index (χ3v) is 7.94. The second kappa shape index (κ2) is 8.05. The van der Waals surface area contributed by atoms with E-state index in [1.54, 1.807) is 6.07 Å². The predicted octanol–water partition coefficient (Wildman–Crippen LogP) is 3.92. The van der Waals surface area contributed by atoms with Crippen LogP contribution in [0, 0.1) is 5.41 Å². The number of nitrogens with one attached hydrogen (secondary N) is 2. The van der Waals surface area contributed by atoms with Gasteiger partial charge < -0.3 is 10.4 Å². The Morgan fingerprint density at radius 3 is 2.81 bits per heavy atom. The summed E-state index contributed by atoms with van der Waals surface area (Å²) in [6.45, 7) is 4.75. The molecular formula is C21H22ClN3O4S2. The molecule has 7 nitrogen and oxygen atoms in total. The number of hydrogen-bond donors (Lipinski definition) is 3. The summed E-state index contributed by atoms with van der Waals surface area (Å²) in [5.41, 5.74) is 1.97. The van der Waals surface area contributed by atoms with E-state index in [4.69, 9.17) is 11.6 Å². The van der Waals surface area contributed by atoms with Crippen molar-refractivity contribution in [3.63, 3.8) is 0 Å². The van der Waals surface area contributed by atoms with Gasteiger partial charge >= 0.3 is 5.97 Å². The number of halogens is 1. The molecule has 10 heteroatoms. The first kappa shape index (κ1) is 22.0. The zero-order valence-corrected chi connectivity index (χ0v) is 19.4. The number of nitrogens with zero attached hydrogens (tertiary/aromatic N) is 1. The van der Waals surface area contributed by atoms with Crippen molar-refractivity contribution in [3.05, 3.63) is 52.0 Å². The fraction of sp³-hybridized carbons (Fsp3) is 0.333. The van der Waals surface area contributed by atoms with Gasteiger partial charge in [0.2, 0.25) is 10.0 Å². The van der Waals surface area contributed by atoms with Crippen molar-refractivity contribution < 1.29 is 18.3 Å². The van der Waals surface area contributed by atoms with Crippen LogP contribution in [0.5, 0.6) is 0 Å². The first-order valence-electron chi connectivity index (χ1n) is 9.70. The molecule has 0 aliphatic carbocycles. The molecule has 1 aromatic heterocycles. The first-order chi connectivity index (χ1) is 14.5. The van der Waals surface area contributed by atoms with Crippen molar-refractivity contribution in [2.24, 2.45) is 5.41 Å². The highest BCUT2D eigenvalue weighted by Crippen LogP contribution is 2.38. The zero-order chi connectivity index (χ0) is 22.4. The summed E-state index contributed by atoms with van der Waals surface area (Å²) in [4.78, 5) is 16.3. The molecule has 0 radical (unpaired) electrons. The quantitative estimate of drug-likeness (QED) is 0.494. The van der Waals surface area contributed by atoms with Gasteiger partial charge in [0, 0.05) is 18.0 Å². The molecule has 0 amide bonds. The molecule has 1 atom stereocenters. The average molecular weight is 480 g/mol. The normalized spacial score (nSPS) is 16.5. The third kappa shape index (κ3) is 4.69. The number of hydrogen-bond acceptors (Lipinski definition) is 6. The maximum atomic E-state index is 13.2. The molecule has 1 aliphatic rings. The van der Waals surface area contributed by atoms with E-state index in [-0.39, 0.29) is 21.8 Å². The van der Waals surface area contributed by atoms with E-state index in [0.717, 1.165) is 15.8 Å². The van der Waals surface area contributed by atoms with Crippen molar-refractivity contribution in [1.82, 2.24) is 9.71 Å². The van der Waals surface area contributed by atoms with Gasteiger partial charge in [0.25, 0.3) is 0 Å². The number of carboxylic acid groups (broad SMARTS) is 1. The van der Waals surface area contributed by atoms with Crippen LogP contribution in [0.1, 0.15) is 24.4 Å². The number of benzene rings is 2. The van der Waals surface area contributed by atoms with Gasteiger partial charge in [-0.15, -0.1) is 11.3 Å². The molecule has 164 valence electrons. The Labute approximate surface area is 189 Å². The van der Waals surface area contributed by atoms with Crippen molar-refractivity contribution in [2.45, 2.75) is 37.6 Å². The highest BCUT2D eigenvalue weighted by Gasteiger charge is 2.33. The molecule has 4 rings (SSSR count). The molecule has 3 aromatic rings. The second-order valence-corrected chi connectivity index (χ2v) is 11.7. The van der Waals surface area contributed by atoms with Gasteiger partial charge in [0.15, 0.2) is 0 Å². The molecule has 0 saturated heterocycles. The minimum absolute atomic E-state index is 0.0407. The molecule has 0 bridgehead atoms. The molecule has 31 heavy (non-hydrogen) atoms. The monoisotopic (exact) mass is 479 g/mol. The van der Waals surface area contributed by atoms with Crippen molar-refractivity contribution in [3.8, 4) is 0 Å². The summed E-state index contributed by atoms with van der Waals surface area (Å²) in [5, 5.41) is 13.7. The van der Waals surface area contributed by atoms with Gasteiger partial charge in [-0.1, -0.05) is 37.6 Å². The molecular weight excluding hydrogens is 458 g/mol. The number of carboxylic acids is 1. The van der Waals surface area contributed by atoms with Crippen LogP contribution in [-0.4, -0.2) is 37.1 Å². The molecule has 2 heterocycles. The standard InChI is InChI=1S/C21H22ClN3O4S2/c1-21(2)10-12-7-13(22)8-17(19(12)23-11-21)31(28,29)25-15(20(26)27)9-18-24-14-5-3-4-6-16(14)30-18/h3-8,15,23,25H,9-11H2,1-2H3,(H,26,27). The van der Waals surface area contributed by atoms with E-state index < -0.39 is 22.0 Å². The van der Waals surface area contributed by atoms with E-state index in [9.17, 15) is 18.3 Å². The van der Waals surface area contributed by atoms with Crippen LogP contribution in [0.4, 0.5) is 5.69 Å². The number of rotatable bonds is 6. The minimum atomic E-state index is -4.16. The van der Waals surface area contributed by atoms with E-state index >= 15 is 0 Å². The van der Waals surface area contributed by atoms with Gasteiger partial charge in [-0.2, -0.15) is 4.72 Å². The minimum Gasteiger partial charge on any atom is -0.480 e. The highest BCUT2D eigenvalue weighted by molar-refractivity contribution is 7.89. The number of fused-ring (bicyclic) bond motifs is 2. The van der Waals surface area contributed by atoms with E-state index in [2.05, 4.69) is 28.9 Å². The molecule has 0 fully saturated rings. The molecule has 1 aliphatic heterocycles. The Bertz CT molecular complexity index is 1240. The molecule has 0 saturated carbocycles. The van der Waals surface area contributed by atoms with Crippen LogP contribution < -0.4 is 10.0 Å². The van der Waals surface area contributed by atoms with Gasteiger partial charge in [-0.3, -0.25) is 4.79 Å². The Morgan fingerprint density at radius 2 is 2.10 bits per heavy atom. The van der Waals surface area contributed by atoms with Crippen LogP contribution in [0.3, 0.4) is 0 Å². The maximum absolute atomic E-state index is 13.2. The molecule has 1 unspecified atom stereocenters. The number of anilines is 1. The number of para-hydroxylation sites is 1. The second-order valence-electron chi connectivity index (χ2n) is 8.42. The molecule has 2 aromatic carbocycles. The number of carbonyl (C=O) groups is 1. The Kier molecular flexibility index (Phi) is 5.72. The zero-order valence-electron chi connectivity index (χ0n) is 17.0. The van der Waals surface area contributed by atoms with Crippen LogP contribution in [0.2, 0.25) is 5.02 Å². The average Bonchev–Trinajstić information content (AvgIpc) is 3.08. The van der Waals surface area contributed by atoms with Gasteiger partial charge in [-0.25, -0.2) is 13.4 Å². The molecule has 0 spiro atoms. The lowest BCUT2D eigenvalue weighted by molar-refractivity contribution is -0.138. The lowest BCUT2D eigenvalue weighted by Crippen LogP contribution is -2.42. The van der Waals surface area contributed by atoms with Gasteiger partial charge in [0.1, 0.15) is 10.9 Å². The first-order valence-corrected chi connectivity index (χ1v) is 12.4. The van der Waals surface area contributed by atoms with Crippen LogP contribution in [0.15, 0.2) is 41.3 Å². The fourth-order valence-corrected chi connectivity index (χ4v) is 6.46. The summed E-state index contributed by atoms with van der Waals surface area (Å²) in [6.07, 6.45) is 0.601. The lowest BCUT2D eigenvalue weighted by atomic mass is 9.82. The summed E-state index contributed by atoms with van der Waals surface area (Å²) in [6, 6.07) is 9.19. The van der Waals surface area contributed by atoms with E-state index in [1.807, 2.05) is 24.3 Å². The summed E-state index contributed by atoms with van der Waals surface area (Å²) >= 11 is 7.56. The Balaban J connectivity index is 1.65. The van der Waals surface area contributed by atoms with E-state index in [1.165, 1.54) is 17.4 Å². The Morgan fingerprint density at radius 1 is 1.35 bits per heavy atom. The van der Waals surface area contributed by atoms with Gasteiger partial charge in [0.05, 0.1) is 20.9 Å². The maximum Gasteiger partial charge on any atom is 0.322 e.